The van der Waals surface area contributed by atoms with Crippen molar-refractivity contribution in [2.45, 2.75) is 20.8 Å². The van der Waals surface area contributed by atoms with Gasteiger partial charge in [0, 0.05) is 0 Å². The minimum Gasteiger partial charge on any atom is -0.484 e. The maximum atomic E-state index is 12.2. The molecule has 23 heavy (non-hydrogen) atoms. The zero-order valence-corrected chi connectivity index (χ0v) is 14.0. The Morgan fingerprint density at radius 3 is 2.65 bits per heavy atom. The molecule has 1 heterocycles. The molecule has 0 aliphatic heterocycles. The highest BCUT2D eigenvalue weighted by molar-refractivity contribution is 7.00. The van der Waals surface area contributed by atoms with Crippen LogP contribution < -0.4 is 10.1 Å². The number of carbonyl (C=O) groups excluding carboxylic acids is 1. The van der Waals surface area contributed by atoms with E-state index in [9.17, 15) is 4.79 Å². The van der Waals surface area contributed by atoms with Crippen molar-refractivity contribution in [1.29, 1.82) is 0 Å². The van der Waals surface area contributed by atoms with E-state index in [-0.39, 0.29) is 12.5 Å². The summed E-state index contributed by atoms with van der Waals surface area (Å²) >= 11 is 1.13. The second kappa shape index (κ2) is 6.34. The van der Waals surface area contributed by atoms with Crippen molar-refractivity contribution in [1.82, 2.24) is 8.75 Å². The standard InChI is InChI=1S/C17H17N3O2S/c1-10-4-6-13(8-12(10)3)22-9-15(21)18-16-11(2)5-7-14-17(16)20-23-19-14/h4-8H,9H2,1-3H3,(H,18,21). The fraction of sp³-hybridized carbons (Fsp3) is 0.235. The fourth-order valence-corrected chi connectivity index (χ4v) is 2.78. The van der Waals surface area contributed by atoms with Crippen LogP contribution in [0.4, 0.5) is 5.69 Å². The Labute approximate surface area is 138 Å². The van der Waals surface area contributed by atoms with E-state index in [1.807, 2.05) is 51.1 Å². The van der Waals surface area contributed by atoms with E-state index >= 15 is 0 Å². The van der Waals surface area contributed by atoms with Gasteiger partial charge in [-0.15, -0.1) is 0 Å². The lowest BCUT2D eigenvalue weighted by molar-refractivity contribution is -0.118. The number of hydrogen-bond acceptors (Lipinski definition) is 5. The Morgan fingerprint density at radius 1 is 1.09 bits per heavy atom. The molecule has 3 aromatic rings. The number of rotatable bonds is 4. The lowest BCUT2D eigenvalue weighted by Gasteiger charge is -2.11. The Bertz CT molecular complexity index is 873. The van der Waals surface area contributed by atoms with Crippen LogP contribution in [0.3, 0.4) is 0 Å². The van der Waals surface area contributed by atoms with Gasteiger partial charge in [0.1, 0.15) is 16.8 Å². The SMILES string of the molecule is Cc1ccc(OCC(=O)Nc2c(C)ccc3nsnc23)cc1C. The Morgan fingerprint density at radius 2 is 1.87 bits per heavy atom. The van der Waals surface area contributed by atoms with Gasteiger partial charge in [-0.25, -0.2) is 0 Å². The molecule has 0 aliphatic rings. The van der Waals surface area contributed by atoms with E-state index in [4.69, 9.17) is 4.74 Å². The summed E-state index contributed by atoms with van der Waals surface area (Å²) in [7, 11) is 0. The van der Waals surface area contributed by atoms with Gasteiger partial charge in [-0.2, -0.15) is 8.75 Å². The summed E-state index contributed by atoms with van der Waals surface area (Å²) in [5, 5.41) is 2.88. The van der Waals surface area contributed by atoms with E-state index in [2.05, 4.69) is 14.1 Å². The number of amides is 1. The summed E-state index contributed by atoms with van der Waals surface area (Å²) < 4.78 is 14.0. The van der Waals surface area contributed by atoms with Gasteiger partial charge in [0.05, 0.1) is 17.4 Å². The maximum Gasteiger partial charge on any atom is 0.262 e. The predicted octanol–water partition coefficient (Wildman–Crippen LogP) is 3.63. The molecule has 1 N–H and O–H groups in total. The molecule has 2 aromatic carbocycles. The summed E-state index contributed by atoms with van der Waals surface area (Å²) in [6, 6.07) is 9.60. The highest BCUT2D eigenvalue weighted by atomic mass is 32.1. The summed E-state index contributed by atoms with van der Waals surface area (Å²) in [4.78, 5) is 12.2. The molecule has 6 heteroatoms. The first-order valence-electron chi connectivity index (χ1n) is 7.26. The smallest absolute Gasteiger partial charge is 0.262 e. The molecule has 0 aliphatic carbocycles. The topological polar surface area (TPSA) is 64.1 Å². The summed E-state index contributed by atoms with van der Waals surface area (Å²) in [5.41, 5.74) is 5.48. The first-order valence-corrected chi connectivity index (χ1v) is 7.99. The number of fused-ring (bicyclic) bond motifs is 1. The van der Waals surface area contributed by atoms with Crippen molar-refractivity contribution in [3.8, 4) is 5.75 Å². The van der Waals surface area contributed by atoms with Gasteiger partial charge < -0.3 is 10.1 Å². The zero-order valence-electron chi connectivity index (χ0n) is 13.2. The second-order valence-electron chi connectivity index (χ2n) is 5.47. The molecule has 0 fully saturated rings. The van der Waals surface area contributed by atoms with E-state index < -0.39 is 0 Å². The first kappa shape index (κ1) is 15.4. The van der Waals surface area contributed by atoms with Crippen LogP contribution >= 0.6 is 11.7 Å². The zero-order chi connectivity index (χ0) is 16.4. The molecule has 1 aromatic heterocycles. The number of ether oxygens (including phenoxy) is 1. The summed E-state index contributed by atoms with van der Waals surface area (Å²) in [5.74, 6) is 0.473. The summed E-state index contributed by atoms with van der Waals surface area (Å²) in [6.07, 6.45) is 0. The third kappa shape index (κ3) is 3.32. The lowest BCUT2D eigenvalue weighted by Crippen LogP contribution is -2.21. The quantitative estimate of drug-likeness (QED) is 0.794. The number of nitrogens with one attached hydrogen (secondary N) is 1. The van der Waals surface area contributed by atoms with Crippen LogP contribution in [0.5, 0.6) is 5.75 Å². The molecular weight excluding hydrogens is 310 g/mol. The van der Waals surface area contributed by atoms with Gasteiger partial charge in [-0.3, -0.25) is 4.79 Å². The predicted molar refractivity (Wildman–Crippen MR) is 92.2 cm³/mol. The first-order chi connectivity index (χ1) is 11.0. The van der Waals surface area contributed by atoms with Crippen LogP contribution in [0.2, 0.25) is 0 Å². The number of aryl methyl sites for hydroxylation is 3. The average Bonchev–Trinajstić information content (AvgIpc) is 3.00. The van der Waals surface area contributed by atoms with Gasteiger partial charge >= 0.3 is 0 Å². The van der Waals surface area contributed by atoms with E-state index in [1.165, 1.54) is 5.56 Å². The van der Waals surface area contributed by atoms with Crippen LogP contribution in [-0.2, 0) is 4.79 Å². The molecule has 0 saturated heterocycles. The molecule has 0 radical (unpaired) electrons. The lowest BCUT2D eigenvalue weighted by atomic mass is 10.1. The van der Waals surface area contributed by atoms with Crippen molar-refractivity contribution in [3.63, 3.8) is 0 Å². The molecule has 0 unspecified atom stereocenters. The molecule has 5 nitrogen and oxygen atoms in total. The highest BCUT2D eigenvalue weighted by Gasteiger charge is 2.12. The Hall–Kier alpha value is -2.47. The number of benzene rings is 2. The van der Waals surface area contributed by atoms with Gasteiger partial charge in [-0.1, -0.05) is 12.1 Å². The van der Waals surface area contributed by atoms with Crippen LogP contribution in [0.15, 0.2) is 30.3 Å². The molecule has 0 atom stereocenters. The monoisotopic (exact) mass is 327 g/mol. The van der Waals surface area contributed by atoms with Crippen LogP contribution in [-0.4, -0.2) is 21.3 Å². The van der Waals surface area contributed by atoms with E-state index in [0.29, 0.717) is 11.4 Å². The number of anilines is 1. The number of nitrogens with zero attached hydrogens (tertiary/aromatic N) is 2. The highest BCUT2D eigenvalue weighted by Crippen LogP contribution is 2.25. The van der Waals surface area contributed by atoms with Crippen LogP contribution in [0.1, 0.15) is 16.7 Å². The van der Waals surface area contributed by atoms with Crippen LogP contribution in [0.25, 0.3) is 11.0 Å². The van der Waals surface area contributed by atoms with E-state index in [0.717, 1.165) is 33.9 Å². The number of hydrogen-bond donors (Lipinski definition) is 1. The van der Waals surface area contributed by atoms with Gasteiger partial charge in [0.2, 0.25) is 0 Å². The van der Waals surface area contributed by atoms with Crippen molar-refractivity contribution < 1.29 is 9.53 Å². The minimum absolute atomic E-state index is 0.0457. The molecule has 0 bridgehead atoms. The molecule has 0 spiro atoms. The summed E-state index contributed by atoms with van der Waals surface area (Å²) in [6.45, 7) is 5.94. The molecule has 0 saturated carbocycles. The number of carbonyl (C=O) groups is 1. The number of aromatic nitrogens is 2. The maximum absolute atomic E-state index is 12.2. The molecular formula is C17H17N3O2S. The normalized spacial score (nSPS) is 10.7. The molecule has 3 rings (SSSR count). The Kier molecular flexibility index (Phi) is 4.25. The van der Waals surface area contributed by atoms with Crippen molar-refractivity contribution >= 4 is 34.4 Å². The second-order valence-corrected chi connectivity index (χ2v) is 6.00. The van der Waals surface area contributed by atoms with Crippen LogP contribution in [0, 0.1) is 20.8 Å². The molecule has 1 amide bonds. The van der Waals surface area contributed by atoms with Crippen molar-refractivity contribution in [2.24, 2.45) is 0 Å². The third-order valence-electron chi connectivity index (χ3n) is 3.75. The Balaban J connectivity index is 1.70. The van der Waals surface area contributed by atoms with Gasteiger partial charge in [-0.05, 0) is 55.7 Å². The van der Waals surface area contributed by atoms with Crippen molar-refractivity contribution in [2.75, 3.05) is 11.9 Å². The largest absolute Gasteiger partial charge is 0.484 e. The fourth-order valence-electron chi connectivity index (χ4n) is 2.24. The van der Waals surface area contributed by atoms with Gasteiger partial charge in [0.15, 0.2) is 6.61 Å². The van der Waals surface area contributed by atoms with Gasteiger partial charge in [0.25, 0.3) is 5.91 Å². The average molecular weight is 327 g/mol. The third-order valence-corrected chi connectivity index (χ3v) is 4.29. The minimum atomic E-state index is -0.216. The van der Waals surface area contributed by atoms with E-state index in [1.54, 1.807) is 0 Å². The van der Waals surface area contributed by atoms with Crippen molar-refractivity contribution in [3.05, 3.63) is 47.0 Å². The molecule has 118 valence electrons.